The van der Waals surface area contributed by atoms with Crippen molar-refractivity contribution in [2.24, 2.45) is 0 Å². The number of ether oxygens (including phenoxy) is 3. The third-order valence-corrected chi connectivity index (χ3v) is 4.57. The van der Waals surface area contributed by atoms with Gasteiger partial charge in [0.25, 0.3) is 5.91 Å². The normalized spacial score (nSPS) is 11.6. The molecule has 0 saturated carbocycles. The lowest BCUT2D eigenvalue weighted by atomic mass is 10.1. The number of amides is 1. The Morgan fingerprint density at radius 1 is 1.04 bits per heavy atom. The monoisotopic (exact) mass is 393 g/mol. The van der Waals surface area contributed by atoms with E-state index in [1.54, 1.807) is 33.5 Å². The molecule has 2 rings (SSSR count). The van der Waals surface area contributed by atoms with E-state index in [0.717, 1.165) is 11.1 Å². The third-order valence-electron chi connectivity index (χ3n) is 4.32. The second kappa shape index (κ2) is 10.0. The van der Waals surface area contributed by atoms with Gasteiger partial charge in [0.2, 0.25) is 0 Å². The van der Waals surface area contributed by atoms with Gasteiger partial charge in [0, 0.05) is 28.8 Å². The number of carbonyl (C=O) groups is 1. The zero-order valence-corrected chi connectivity index (χ0v) is 16.8. The Kier molecular flexibility index (Phi) is 7.76. The lowest BCUT2D eigenvalue weighted by Crippen LogP contribution is -2.87. The predicted octanol–water partition coefficient (Wildman–Crippen LogP) is 2.31. The summed E-state index contributed by atoms with van der Waals surface area (Å²) >= 11 is 5.91. The molecule has 7 heteroatoms. The van der Waals surface area contributed by atoms with Crippen LogP contribution in [-0.4, -0.2) is 33.8 Å². The summed E-state index contributed by atoms with van der Waals surface area (Å²) < 4.78 is 16.0. The fourth-order valence-corrected chi connectivity index (χ4v) is 2.81. The third kappa shape index (κ3) is 5.77. The van der Waals surface area contributed by atoms with E-state index in [1.165, 1.54) is 0 Å². The summed E-state index contributed by atoms with van der Waals surface area (Å²) in [6.45, 7) is 2.71. The second-order valence-electron chi connectivity index (χ2n) is 6.08. The van der Waals surface area contributed by atoms with E-state index in [4.69, 9.17) is 25.8 Å². The first-order valence-electron chi connectivity index (χ1n) is 8.62. The Hall–Kier alpha value is -2.44. The molecule has 0 radical (unpaired) electrons. The van der Waals surface area contributed by atoms with Crippen LogP contribution in [0.3, 0.4) is 0 Å². The highest BCUT2D eigenvalue weighted by molar-refractivity contribution is 6.30. The molecule has 2 aromatic rings. The van der Waals surface area contributed by atoms with Gasteiger partial charge in [-0.3, -0.25) is 4.79 Å². The molecule has 146 valence electrons. The minimum atomic E-state index is -0.0624. The number of nitrogens with one attached hydrogen (secondary N) is 1. The number of halogens is 1. The highest BCUT2D eigenvalue weighted by Crippen LogP contribution is 2.34. The lowest BCUT2D eigenvalue weighted by Gasteiger charge is -2.15. The maximum atomic E-state index is 12.2. The molecule has 0 aliphatic heterocycles. The van der Waals surface area contributed by atoms with Crippen LogP contribution in [-0.2, 0) is 11.3 Å². The number of benzene rings is 2. The van der Waals surface area contributed by atoms with E-state index in [9.17, 15) is 4.79 Å². The number of methoxy groups -OCH3 is 3. The van der Waals surface area contributed by atoms with Crippen LogP contribution in [0.2, 0.25) is 5.02 Å². The first kappa shape index (κ1) is 20.9. The quantitative estimate of drug-likeness (QED) is 0.685. The summed E-state index contributed by atoms with van der Waals surface area (Å²) in [6.07, 6.45) is 0. The second-order valence-corrected chi connectivity index (χ2v) is 6.51. The molecular weight excluding hydrogens is 368 g/mol. The molecule has 0 bridgehead atoms. The lowest BCUT2D eigenvalue weighted by molar-refractivity contribution is -0.682. The fourth-order valence-electron chi connectivity index (χ4n) is 2.68. The summed E-state index contributed by atoms with van der Waals surface area (Å²) in [4.78, 5) is 12.2. The van der Waals surface area contributed by atoms with Crippen LogP contribution in [0.4, 0.5) is 0 Å². The number of quaternary nitrogens is 1. The molecule has 6 nitrogen and oxygen atoms in total. The minimum Gasteiger partial charge on any atom is -0.496 e. The maximum Gasteiger partial charge on any atom is 0.275 e. The van der Waals surface area contributed by atoms with Crippen LogP contribution in [0, 0.1) is 0 Å². The largest absolute Gasteiger partial charge is 0.496 e. The van der Waals surface area contributed by atoms with E-state index < -0.39 is 0 Å². The molecule has 3 N–H and O–H groups in total. The Balaban J connectivity index is 1.92. The predicted molar refractivity (Wildman–Crippen MR) is 105 cm³/mol. The van der Waals surface area contributed by atoms with E-state index in [-0.39, 0.29) is 11.9 Å². The average molecular weight is 394 g/mol. The number of carbonyl (C=O) groups excluding carboxylic acids is 1. The van der Waals surface area contributed by atoms with E-state index in [2.05, 4.69) is 5.32 Å². The van der Waals surface area contributed by atoms with Gasteiger partial charge < -0.3 is 24.8 Å². The fraction of sp³-hybridized carbons (Fsp3) is 0.350. The molecule has 0 spiro atoms. The molecule has 1 amide bonds. The van der Waals surface area contributed by atoms with Crippen molar-refractivity contribution in [1.29, 1.82) is 0 Å². The van der Waals surface area contributed by atoms with Gasteiger partial charge in [-0.15, -0.1) is 0 Å². The van der Waals surface area contributed by atoms with E-state index in [0.29, 0.717) is 35.4 Å². The topological polar surface area (TPSA) is 73.4 Å². The highest BCUT2D eigenvalue weighted by atomic mass is 35.5. The van der Waals surface area contributed by atoms with Crippen molar-refractivity contribution in [3.63, 3.8) is 0 Å². The summed E-state index contributed by atoms with van der Waals surface area (Å²) in [5.41, 5.74) is 1.93. The van der Waals surface area contributed by atoms with Crippen molar-refractivity contribution >= 4 is 17.5 Å². The van der Waals surface area contributed by atoms with E-state index in [1.807, 2.05) is 36.5 Å². The molecule has 0 fully saturated rings. The van der Waals surface area contributed by atoms with Crippen molar-refractivity contribution in [2.75, 3.05) is 27.9 Å². The SMILES string of the molecule is COc1cc(OC)c(OC)cc1CNC(=O)C[NH2+][C@@H](C)c1ccc(Cl)cc1. The molecule has 0 aliphatic carbocycles. The zero-order chi connectivity index (χ0) is 19.8. The summed E-state index contributed by atoms with van der Waals surface area (Å²) in [6, 6.07) is 11.3. The molecule has 0 aliphatic rings. The zero-order valence-electron chi connectivity index (χ0n) is 16.0. The van der Waals surface area contributed by atoms with Crippen LogP contribution in [0.5, 0.6) is 17.2 Å². The molecular formula is C20H26ClN2O4+. The minimum absolute atomic E-state index is 0.0624. The number of rotatable bonds is 9. The summed E-state index contributed by atoms with van der Waals surface area (Å²) in [7, 11) is 4.71. The van der Waals surface area contributed by atoms with Crippen molar-refractivity contribution in [3.05, 3.63) is 52.5 Å². The highest BCUT2D eigenvalue weighted by Gasteiger charge is 2.14. The van der Waals surface area contributed by atoms with Gasteiger partial charge in [-0.1, -0.05) is 23.7 Å². The summed E-state index contributed by atoms with van der Waals surface area (Å²) in [5.74, 6) is 1.74. The first-order chi connectivity index (χ1) is 13.0. The molecule has 0 saturated heterocycles. The van der Waals surface area contributed by atoms with Gasteiger partial charge >= 0.3 is 0 Å². The van der Waals surface area contributed by atoms with Gasteiger partial charge in [0.15, 0.2) is 18.0 Å². The van der Waals surface area contributed by atoms with Gasteiger partial charge in [-0.2, -0.15) is 0 Å². The van der Waals surface area contributed by atoms with Crippen LogP contribution in [0.1, 0.15) is 24.1 Å². The van der Waals surface area contributed by atoms with Gasteiger partial charge in [-0.25, -0.2) is 0 Å². The van der Waals surface area contributed by atoms with Crippen LogP contribution in [0.25, 0.3) is 0 Å². The first-order valence-corrected chi connectivity index (χ1v) is 9.00. The van der Waals surface area contributed by atoms with Crippen LogP contribution >= 0.6 is 11.6 Å². The Bertz CT molecular complexity index is 765. The Morgan fingerprint density at radius 2 is 1.63 bits per heavy atom. The molecule has 0 unspecified atom stereocenters. The number of hydrogen-bond donors (Lipinski definition) is 2. The molecule has 2 aromatic carbocycles. The molecule has 1 atom stereocenters. The van der Waals surface area contributed by atoms with Crippen molar-refractivity contribution in [2.45, 2.75) is 19.5 Å². The maximum absolute atomic E-state index is 12.2. The van der Waals surface area contributed by atoms with Gasteiger partial charge in [0.1, 0.15) is 11.8 Å². The van der Waals surface area contributed by atoms with Crippen LogP contribution < -0.4 is 24.8 Å². The van der Waals surface area contributed by atoms with Crippen molar-refractivity contribution < 1.29 is 24.3 Å². The smallest absolute Gasteiger partial charge is 0.275 e. The van der Waals surface area contributed by atoms with Crippen molar-refractivity contribution in [3.8, 4) is 17.2 Å². The molecule has 0 aromatic heterocycles. The standard InChI is InChI=1S/C20H25ClN2O4/c1-13(14-5-7-16(21)8-6-14)22-12-20(24)23-11-15-9-18(26-3)19(27-4)10-17(15)25-2/h5-10,13,22H,11-12H2,1-4H3,(H,23,24)/p+1/t13-/m0/s1. The van der Waals surface area contributed by atoms with Crippen molar-refractivity contribution in [1.82, 2.24) is 5.32 Å². The molecule has 0 heterocycles. The number of hydrogen-bond acceptors (Lipinski definition) is 4. The Morgan fingerprint density at radius 3 is 2.22 bits per heavy atom. The van der Waals surface area contributed by atoms with Gasteiger partial charge in [-0.05, 0) is 25.1 Å². The Labute approximate surface area is 164 Å². The number of nitrogens with two attached hydrogens (primary N) is 1. The van der Waals surface area contributed by atoms with E-state index >= 15 is 0 Å². The van der Waals surface area contributed by atoms with Gasteiger partial charge in [0.05, 0.1) is 21.3 Å². The summed E-state index contributed by atoms with van der Waals surface area (Å²) in [5, 5.41) is 5.59. The van der Waals surface area contributed by atoms with Crippen LogP contribution in [0.15, 0.2) is 36.4 Å². The average Bonchev–Trinajstić information content (AvgIpc) is 2.70. The molecule has 27 heavy (non-hydrogen) atoms.